The van der Waals surface area contributed by atoms with Crippen LogP contribution in [0.1, 0.15) is 51.4 Å². The molecule has 0 saturated heterocycles. The van der Waals surface area contributed by atoms with Crippen LogP contribution in [0.4, 0.5) is 0 Å². The molecule has 16 heavy (non-hydrogen) atoms. The summed E-state index contributed by atoms with van der Waals surface area (Å²) in [6.45, 7) is 0. The van der Waals surface area contributed by atoms with Gasteiger partial charge in [0.25, 0.3) is 0 Å². The highest BCUT2D eigenvalue weighted by atomic mass is 14.6. The van der Waals surface area contributed by atoms with Gasteiger partial charge in [-0.3, -0.25) is 0 Å². The largest absolute Gasteiger partial charge is 0.101 e. The summed E-state index contributed by atoms with van der Waals surface area (Å²) in [4.78, 5) is 0. The molecule has 0 heterocycles. The van der Waals surface area contributed by atoms with Gasteiger partial charge >= 0.3 is 0 Å². The third-order valence-corrected chi connectivity index (χ3v) is 5.86. The fourth-order valence-electron chi connectivity index (χ4n) is 6.30. The van der Waals surface area contributed by atoms with Crippen molar-refractivity contribution in [1.29, 1.82) is 0 Å². The van der Waals surface area contributed by atoms with Crippen molar-refractivity contribution in [3.63, 3.8) is 0 Å². The van der Waals surface area contributed by atoms with Crippen molar-refractivity contribution in [2.45, 2.75) is 64.0 Å². The lowest BCUT2D eigenvalue weighted by Gasteiger charge is -2.63. The minimum Gasteiger partial charge on any atom is -0.0805 e. The van der Waals surface area contributed by atoms with Crippen molar-refractivity contribution in [1.82, 2.24) is 0 Å². The zero-order chi connectivity index (χ0) is 11.2. The van der Waals surface area contributed by atoms with E-state index in [9.17, 15) is 0 Å². The Morgan fingerprint density at radius 1 is 0.812 bits per heavy atom. The quantitative estimate of drug-likeness (QED) is 0.633. The maximum Gasteiger partial charge on any atom is 0.101 e. The van der Waals surface area contributed by atoms with Crippen LogP contribution >= 0.6 is 0 Å². The first-order chi connectivity index (χ1) is 7.69. The van der Waals surface area contributed by atoms with Crippen LogP contribution in [0.15, 0.2) is 0 Å². The Labute approximate surface area is 103 Å². The highest BCUT2D eigenvalue weighted by Crippen LogP contribution is 2.67. The second kappa shape index (κ2) is 3.82. The Morgan fingerprint density at radius 3 is 1.62 bits per heavy atom. The number of hydrogen-bond donors (Lipinski definition) is 0. The van der Waals surface area contributed by atoms with Crippen LogP contribution in [0.25, 0.3) is 0 Å². The Hall–Kier alpha value is 0.130. The Morgan fingerprint density at radius 2 is 1.25 bits per heavy atom. The van der Waals surface area contributed by atoms with Crippen LogP contribution in [-0.2, 0) is 0 Å². The third-order valence-electron chi connectivity index (χ3n) is 5.86. The van der Waals surface area contributed by atoms with E-state index in [4.69, 9.17) is 0 Å². The van der Waals surface area contributed by atoms with Crippen LogP contribution in [0, 0.1) is 22.7 Å². The van der Waals surface area contributed by atoms with Gasteiger partial charge in [-0.05, 0) is 61.2 Å². The topological polar surface area (TPSA) is 0 Å². The summed E-state index contributed by atoms with van der Waals surface area (Å²) in [5.74, 6) is 2.25. The van der Waals surface area contributed by atoms with Gasteiger partial charge in [0.2, 0.25) is 0 Å². The SMILES string of the molecule is BCCC12CC3CC(C1)CC(CCB)(C3)C2. The molecule has 0 unspecified atom stereocenters. The van der Waals surface area contributed by atoms with Crippen molar-refractivity contribution >= 4 is 15.7 Å². The monoisotopic (exact) mass is 216 g/mol. The summed E-state index contributed by atoms with van der Waals surface area (Å²) in [6.07, 6.45) is 15.5. The molecule has 4 aliphatic carbocycles. The first-order valence-electron chi connectivity index (χ1n) is 7.69. The smallest absolute Gasteiger partial charge is 0.0805 e. The van der Waals surface area contributed by atoms with Gasteiger partial charge in [-0.2, -0.15) is 0 Å². The Balaban J connectivity index is 1.85. The van der Waals surface area contributed by atoms with E-state index in [0.29, 0.717) is 0 Å². The molecule has 0 amide bonds. The molecular weight excluding hydrogens is 190 g/mol. The van der Waals surface area contributed by atoms with Crippen molar-refractivity contribution < 1.29 is 0 Å². The second-order valence-electron chi connectivity index (χ2n) is 7.46. The van der Waals surface area contributed by atoms with Crippen LogP contribution in [0.5, 0.6) is 0 Å². The van der Waals surface area contributed by atoms with E-state index in [1.165, 1.54) is 25.5 Å². The van der Waals surface area contributed by atoms with E-state index in [0.717, 1.165) is 22.7 Å². The third kappa shape index (κ3) is 1.68. The van der Waals surface area contributed by atoms with Crippen molar-refractivity contribution in [3.05, 3.63) is 0 Å². The van der Waals surface area contributed by atoms with Gasteiger partial charge in [0.1, 0.15) is 15.7 Å². The summed E-state index contributed by atoms with van der Waals surface area (Å²) < 4.78 is 0. The molecule has 0 atom stereocenters. The summed E-state index contributed by atoms with van der Waals surface area (Å²) in [5.41, 5.74) is 1.63. The molecule has 0 spiro atoms. The second-order valence-corrected chi connectivity index (χ2v) is 7.46. The average Bonchev–Trinajstić information content (AvgIpc) is 2.14. The molecule has 4 aliphatic rings. The maximum atomic E-state index is 2.39. The zero-order valence-corrected chi connectivity index (χ0v) is 11.2. The molecule has 4 bridgehead atoms. The van der Waals surface area contributed by atoms with E-state index in [-0.39, 0.29) is 0 Å². The molecule has 4 saturated carbocycles. The van der Waals surface area contributed by atoms with Gasteiger partial charge in [0.05, 0.1) is 0 Å². The molecule has 0 aromatic carbocycles. The minimum atomic E-state index is 0.813. The molecule has 88 valence electrons. The first-order valence-corrected chi connectivity index (χ1v) is 7.69. The van der Waals surface area contributed by atoms with Gasteiger partial charge in [0, 0.05) is 0 Å². The number of hydrogen-bond acceptors (Lipinski definition) is 0. The lowest BCUT2D eigenvalue weighted by atomic mass is 9.42. The standard InChI is InChI=1S/C14H26B2/c15-3-1-13-6-11-5-12(7-13)9-14(8-11,10-13)2-4-16/h11-12H,1-10,15-16H2. The fraction of sp³-hybridized carbons (Fsp3) is 1.00. The van der Waals surface area contributed by atoms with Gasteiger partial charge in [-0.25, -0.2) is 0 Å². The molecule has 0 aromatic rings. The zero-order valence-electron chi connectivity index (χ0n) is 11.2. The molecule has 4 fully saturated rings. The summed E-state index contributed by atoms with van der Waals surface area (Å²) >= 11 is 0. The van der Waals surface area contributed by atoms with Gasteiger partial charge < -0.3 is 0 Å². The van der Waals surface area contributed by atoms with E-state index in [1.54, 1.807) is 38.5 Å². The summed E-state index contributed by atoms with van der Waals surface area (Å²) in [5, 5.41) is 0. The van der Waals surface area contributed by atoms with E-state index >= 15 is 0 Å². The highest BCUT2D eigenvalue weighted by molar-refractivity contribution is 6.08. The average molecular weight is 216 g/mol. The van der Waals surface area contributed by atoms with E-state index in [1.807, 2.05) is 0 Å². The molecule has 0 N–H and O–H groups in total. The normalized spacial score (nSPS) is 49.8. The molecule has 0 aliphatic heterocycles. The van der Waals surface area contributed by atoms with Gasteiger partial charge in [0.15, 0.2) is 0 Å². The predicted octanol–water partition coefficient (Wildman–Crippen LogP) is 2.46. The van der Waals surface area contributed by atoms with Crippen LogP contribution in [-0.4, -0.2) is 15.7 Å². The van der Waals surface area contributed by atoms with Crippen molar-refractivity contribution in [3.8, 4) is 0 Å². The van der Waals surface area contributed by atoms with E-state index < -0.39 is 0 Å². The lowest BCUT2D eigenvalue weighted by Crippen LogP contribution is -2.51. The van der Waals surface area contributed by atoms with Gasteiger partial charge in [-0.15, -0.1) is 0 Å². The highest BCUT2D eigenvalue weighted by Gasteiger charge is 2.56. The summed E-state index contributed by atoms with van der Waals surface area (Å²) in [7, 11) is 4.79. The molecule has 0 radical (unpaired) electrons. The lowest BCUT2D eigenvalue weighted by molar-refractivity contribution is -0.113. The Kier molecular flexibility index (Phi) is 2.68. The van der Waals surface area contributed by atoms with Crippen LogP contribution < -0.4 is 0 Å². The maximum absolute atomic E-state index is 2.39. The molecule has 2 heteroatoms. The molecule has 0 nitrogen and oxygen atoms in total. The summed E-state index contributed by atoms with van der Waals surface area (Å²) in [6, 6.07) is 0. The molecular formula is C14H26B2. The fourth-order valence-corrected chi connectivity index (χ4v) is 6.30. The van der Waals surface area contributed by atoms with Crippen LogP contribution in [0.3, 0.4) is 0 Å². The molecule has 0 aromatic heterocycles. The minimum absolute atomic E-state index is 0.813. The van der Waals surface area contributed by atoms with Crippen molar-refractivity contribution in [2.75, 3.05) is 0 Å². The first kappa shape index (κ1) is 11.2. The van der Waals surface area contributed by atoms with Crippen molar-refractivity contribution in [2.24, 2.45) is 22.7 Å². The molecule has 4 rings (SSSR count). The predicted molar refractivity (Wildman–Crippen MR) is 75.5 cm³/mol. The Bertz CT molecular complexity index is 236. The van der Waals surface area contributed by atoms with Crippen LogP contribution in [0.2, 0.25) is 12.6 Å². The van der Waals surface area contributed by atoms with E-state index in [2.05, 4.69) is 15.7 Å². The number of rotatable bonds is 4. The van der Waals surface area contributed by atoms with Gasteiger partial charge in [-0.1, -0.05) is 25.5 Å².